The fraction of sp³-hybridized carbons (Fsp3) is 0.667. The third kappa shape index (κ3) is 0.405. The van der Waals surface area contributed by atoms with Crippen LogP contribution in [-0.4, -0.2) is 5.78 Å². The van der Waals surface area contributed by atoms with Gasteiger partial charge in [0.15, 0.2) is 5.78 Å². The fourth-order valence-corrected chi connectivity index (χ4v) is 2.22. The van der Waals surface area contributed by atoms with E-state index < -0.39 is 0 Å². The molecule has 2 rings (SSSR count). The molecule has 2 aliphatic carbocycles. The van der Waals surface area contributed by atoms with E-state index in [1.54, 1.807) is 0 Å². The molecular weight excluding hydrogens is 124 g/mol. The minimum absolute atomic E-state index is 0.00289. The number of carbonyl (C=O) groups excluding carboxylic acids is 1. The lowest BCUT2D eigenvalue weighted by molar-refractivity contribution is -0.119. The highest BCUT2D eigenvalue weighted by atomic mass is 16.1. The minimum atomic E-state index is -0.00289. The number of hydrogen-bond donors (Lipinski definition) is 0. The molecule has 2 aliphatic rings. The predicted octanol–water partition coefficient (Wildman–Crippen LogP) is 1.93. The van der Waals surface area contributed by atoms with Gasteiger partial charge < -0.3 is 0 Å². The Bertz CT molecular complexity index is 251. The maximum Gasteiger partial charge on any atom is 0.165 e. The van der Waals surface area contributed by atoms with E-state index in [2.05, 4.69) is 19.9 Å². The van der Waals surface area contributed by atoms with Crippen molar-refractivity contribution in [2.45, 2.75) is 27.2 Å². The molecule has 0 aromatic rings. The molecule has 0 amide bonds. The summed E-state index contributed by atoms with van der Waals surface area (Å²) in [6.07, 6.45) is 3.20. The molecule has 0 saturated heterocycles. The van der Waals surface area contributed by atoms with E-state index in [4.69, 9.17) is 0 Å². The van der Waals surface area contributed by atoms with Gasteiger partial charge in [0.05, 0.1) is 0 Å². The van der Waals surface area contributed by atoms with Crippen molar-refractivity contribution in [1.29, 1.82) is 0 Å². The van der Waals surface area contributed by atoms with E-state index >= 15 is 0 Å². The zero-order valence-electron chi connectivity index (χ0n) is 6.69. The average molecular weight is 136 g/mol. The van der Waals surface area contributed by atoms with Gasteiger partial charge in [-0.25, -0.2) is 0 Å². The molecule has 54 valence electrons. The lowest BCUT2D eigenvalue weighted by atomic mass is 9.98. The molecule has 0 aromatic heterocycles. The summed E-state index contributed by atoms with van der Waals surface area (Å²) < 4.78 is 0. The van der Waals surface area contributed by atoms with Crippen molar-refractivity contribution >= 4 is 5.78 Å². The largest absolute Gasteiger partial charge is 0.294 e. The Labute approximate surface area is 61.1 Å². The Morgan fingerprint density at radius 2 is 2.10 bits per heavy atom. The molecule has 1 fully saturated rings. The van der Waals surface area contributed by atoms with Crippen LogP contribution in [0.1, 0.15) is 27.2 Å². The number of rotatable bonds is 0. The van der Waals surface area contributed by atoms with Crippen LogP contribution in [0, 0.1) is 10.8 Å². The third-order valence-electron chi connectivity index (χ3n) is 3.25. The van der Waals surface area contributed by atoms with E-state index in [0.29, 0.717) is 5.78 Å². The molecule has 0 N–H and O–H groups in total. The van der Waals surface area contributed by atoms with Crippen LogP contribution in [0.25, 0.3) is 0 Å². The van der Waals surface area contributed by atoms with Crippen LogP contribution in [0.15, 0.2) is 11.6 Å². The first kappa shape index (κ1) is 6.14. The van der Waals surface area contributed by atoms with Crippen LogP contribution < -0.4 is 0 Å². The Morgan fingerprint density at radius 3 is 2.30 bits per heavy atom. The van der Waals surface area contributed by atoms with Gasteiger partial charge in [0.2, 0.25) is 0 Å². The summed E-state index contributed by atoms with van der Waals surface area (Å²) in [6.45, 7) is 6.16. The average Bonchev–Trinajstić information content (AvgIpc) is 2.29. The smallest absolute Gasteiger partial charge is 0.165 e. The second-order valence-corrected chi connectivity index (χ2v) is 4.08. The minimum Gasteiger partial charge on any atom is -0.294 e. The highest BCUT2D eigenvalue weighted by Crippen LogP contribution is 2.69. The molecule has 10 heavy (non-hydrogen) atoms. The number of allylic oxidation sites excluding steroid dienone is 2. The number of fused-ring (bicyclic) bond motifs is 1. The molecule has 0 aliphatic heterocycles. The van der Waals surface area contributed by atoms with Crippen LogP contribution in [0.4, 0.5) is 0 Å². The maximum absolute atomic E-state index is 11.4. The van der Waals surface area contributed by atoms with Crippen molar-refractivity contribution in [3.63, 3.8) is 0 Å². The molecule has 0 bridgehead atoms. The SMILES string of the molecule is CC1=CC2(C)CC2(C)C1=O. The van der Waals surface area contributed by atoms with Crippen molar-refractivity contribution in [3.8, 4) is 0 Å². The van der Waals surface area contributed by atoms with E-state index in [1.165, 1.54) is 0 Å². The first-order valence-electron chi connectivity index (χ1n) is 3.74. The second-order valence-electron chi connectivity index (χ2n) is 4.08. The number of hydrogen-bond acceptors (Lipinski definition) is 1. The van der Waals surface area contributed by atoms with Gasteiger partial charge in [0.25, 0.3) is 0 Å². The molecular formula is C9H12O. The zero-order chi connectivity index (χ0) is 7.57. The van der Waals surface area contributed by atoms with Crippen LogP contribution in [0.2, 0.25) is 0 Å². The summed E-state index contributed by atoms with van der Waals surface area (Å²) in [4.78, 5) is 11.4. The molecule has 0 heterocycles. The summed E-state index contributed by atoms with van der Waals surface area (Å²) in [5.74, 6) is 0.370. The van der Waals surface area contributed by atoms with Gasteiger partial charge in [0, 0.05) is 5.41 Å². The third-order valence-corrected chi connectivity index (χ3v) is 3.25. The Hall–Kier alpha value is -0.590. The molecule has 2 unspecified atom stereocenters. The summed E-state index contributed by atoms with van der Waals surface area (Å²) in [7, 11) is 0. The van der Waals surface area contributed by atoms with Gasteiger partial charge in [-0.3, -0.25) is 4.79 Å². The molecule has 0 spiro atoms. The van der Waals surface area contributed by atoms with Gasteiger partial charge >= 0.3 is 0 Å². The Kier molecular flexibility index (Phi) is 0.753. The highest BCUT2D eigenvalue weighted by Gasteiger charge is 2.67. The first-order valence-corrected chi connectivity index (χ1v) is 3.74. The van der Waals surface area contributed by atoms with Crippen molar-refractivity contribution in [2.75, 3.05) is 0 Å². The van der Waals surface area contributed by atoms with Crippen LogP contribution in [-0.2, 0) is 4.79 Å². The van der Waals surface area contributed by atoms with Gasteiger partial charge in [-0.05, 0) is 24.3 Å². The Morgan fingerprint density at radius 1 is 1.50 bits per heavy atom. The highest BCUT2D eigenvalue weighted by molar-refractivity contribution is 6.05. The van der Waals surface area contributed by atoms with E-state index in [0.717, 1.165) is 12.0 Å². The summed E-state index contributed by atoms with van der Waals surface area (Å²) in [6, 6.07) is 0. The molecule has 0 aromatic carbocycles. The van der Waals surface area contributed by atoms with Gasteiger partial charge in [0.1, 0.15) is 0 Å². The summed E-state index contributed by atoms with van der Waals surface area (Å²) in [5.41, 5.74) is 1.20. The first-order chi connectivity index (χ1) is 4.50. The molecule has 1 saturated carbocycles. The number of Topliss-reactive ketones (excluding diaryl/α,β-unsaturated/α-hetero) is 1. The van der Waals surface area contributed by atoms with Crippen molar-refractivity contribution < 1.29 is 4.79 Å². The summed E-state index contributed by atoms with van der Waals surface area (Å²) >= 11 is 0. The standard InChI is InChI=1S/C9H12O/c1-6-4-8(2)5-9(8,3)7(6)10/h4H,5H2,1-3H3. The van der Waals surface area contributed by atoms with Crippen LogP contribution >= 0.6 is 0 Å². The monoisotopic (exact) mass is 136 g/mol. The van der Waals surface area contributed by atoms with Crippen LogP contribution in [0.3, 0.4) is 0 Å². The van der Waals surface area contributed by atoms with Crippen molar-refractivity contribution in [3.05, 3.63) is 11.6 Å². The number of ketones is 1. The molecule has 1 nitrogen and oxygen atoms in total. The lowest BCUT2D eigenvalue weighted by Gasteiger charge is -2.03. The Balaban J connectivity index is 2.49. The summed E-state index contributed by atoms with van der Waals surface area (Å²) in [5, 5.41) is 0. The van der Waals surface area contributed by atoms with Crippen molar-refractivity contribution in [2.24, 2.45) is 10.8 Å². The van der Waals surface area contributed by atoms with E-state index in [1.807, 2.05) is 6.92 Å². The quantitative estimate of drug-likeness (QED) is 0.497. The van der Waals surface area contributed by atoms with Crippen LogP contribution in [0.5, 0.6) is 0 Å². The topological polar surface area (TPSA) is 17.1 Å². The maximum atomic E-state index is 11.4. The fourth-order valence-electron chi connectivity index (χ4n) is 2.22. The molecule has 1 heteroatoms. The lowest BCUT2D eigenvalue weighted by Crippen LogP contribution is -2.11. The predicted molar refractivity (Wildman–Crippen MR) is 39.6 cm³/mol. The molecule has 0 radical (unpaired) electrons. The van der Waals surface area contributed by atoms with E-state index in [9.17, 15) is 4.79 Å². The number of carbonyl (C=O) groups is 1. The second kappa shape index (κ2) is 1.23. The van der Waals surface area contributed by atoms with Crippen molar-refractivity contribution in [1.82, 2.24) is 0 Å². The normalized spacial score (nSPS) is 50.7. The van der Waals surface area contributed by atoms with Gasteiger partial charge in [-0.15, -0.1) is 0 Å². The zero-order valence-corrected chi connectivity index (χ0v) is 6.69. The van der Waals surface area contributed by atoms with Gasteiger partial charge in [-0.2, -0.15) is 0 Å². The van der Waals surface area contributed by atoms with E-state index in [-0.39, 0.29) is 10.8 Å². The van der Waals surface area contributed by atoms with Gasteiger partial charge in [-0.1, -0.05) is 19.9 Å². The molecule has 2 atom stereocenters.